The average Bonchev–Trinajstić information content (AvgIpc) is 2.58. The summed E-state index contributed by atoms with van der Waals surface area (Å²) >= 11 is 0. The highest BCUT2D eigenvalue weighted by Gasteiger charge is 2.18. The van der Waals surface area contributed by atoms with E-state index in [1.165, 1.54) is 0 Å². The van der Waals surface area contributed by atoms with Crippen molar-refractivity contribution in [2.75, 3.05) is 27.7 Å². The molecule has 0 spiro atoms. The summed E-state index contributed by atoms with van der Waals surface area (Å²) in [5.74, 6) is 0.569. The normalized spacial score (nSPS) is 10.7. The van der Waals surface area contributed by atoms with Gasteiger partial charge in [0.15, 0.2) is 11.5 Å². The predicted octanol–water partition coefficient (Wildman–Crippen LogP) is 0.656. The van der Waals surface area contributed by atoms with Crippen molar-refractivity contribution in [1.82, 2.24) is 14.7 Å². The standard InChI is InChI=1S/C10H17N3O2/c1-5-13-10(8(14)7-12(2)3)9(15-4)6-11-13/h6H,5,7H2,1-4H3. The number of nitrogens with zero attached hydrogens (tertiary/aromatic N) is 3. The number of likely N-dealkylation sites (N-methyl/N-ethyl adjacent to an activating group) is 1. The van der Waals surface area contributed by atoms with Crippen molar-refractivity contribution in [3.8, 4) is 5.75 Å². The van der Waals surface area contributed by atoms with Crippen LogP contribution >= 0.6 is 0 Å². The molecule has 0 saturated heterocycles. The highest BCUT2D eigenvalue weighted by molar-refractivity contribution is 5.98. The topological polar surface area (TPSA) is 47.4 Å². The number of hydrogen-bond donors (Lipinski definition) is 0. The van der Waals surface area contributed by atoms with Crippen LogP contribution in [-0.2, 0) is 6.54 Å². The molecule has 0 aromatic carbocycles. The van der Waals surface area contributed by atoms with Crippen LogP contribution in [-0.4, -0.2) is 48.2 Å². The van der Waals surface area contributed by atoms with Gasteiger partial charge in [-0.2, -0.15) is 5.10 Å². The molecule has 5 nitrogen and oxygen atoms in total. The Bertz CT molecular complexity index is 323. The Balaban J connectivity index is 2.99. The van der Waals surface area contributed by atoms with Crippen LogP contribution in [0.15, 0.2) is 6.20 Å². The minimum atomic E-state index is 0.0243. The molecule has 0 N–H and O–H groups in total. The van der Waals surface area contributed by atoms with Gasteiger partial charge in [-0.05, 0) is 21.0 Å². The Morgan fingerprint density at radius 1 is 1.60 bits per heavy atom. The molecular formula is C10H17N3O2. The quantitative estimate of drug-likeness (QED) is 0.671. The zero-order chi connectivity index (χ0) is 11.4. The number of Topliss-reactive ketones (excluding diaryl/α,β-unsaturated/α-hetero) is 1. The van der Waals surface area contributed by atoms with Gasteiger partial charge in [0, 0.05) is 6.54 Å². The highest BCUT2D eigenvalue weighted by atomic mass is 16.5. The zero-order valence-electron chi connectivity index (χ0n) is 9.65. The summed E-state index contributed by atoms with van der Waals surface area (Å²) in [4.78, 5) is 13.7. The molecule has 1 aromatic heterocycles. The van der Waals surface area contributed by atoms with Gasteiger partial charge in [0.25, 0.3) is 0 Å². The van der Waals surface area contributed by atoms with Crippen molar-refractivity contribution in [3.63, 3.8) is 0 Å². The first-order chi connectivity index (χ1) is 7.10. The van der Waals surface area contributed by atoms with Gasteiger partial charge in [0.1, 0.15) is 5.69 Å². The van der Waals surface area contributed by atoms with Crippen LogP contribution in [0.2, 0.25) is 0 Å². The molecule has 0 bridgehead atoms. The number of ketones is 1. The molecule has 0 radical (unpaired) electrons. The Morgan fingerprint density at radius 2 is 2.27 bits per heavy atom. The second-order valence-electron chi connectivity index (χ2n) is 3.54. The molecule has 0 unspecified atom stereocenters. The molecule has 0 atom stereocenters. The summed E-state index contributed by atoms with van der Waals surface area (Å²) < 4.78 is 6.77. The Labute approximate surface area is 89.6 Å². The van der Waals surface area contributed by atoms with Gasteiger partial charge in [-0.1, -0.05) is 0 Å². The molecule has 0 fully saturated rings. The number of methoxy groups -OCH3 is 1. The van der Waals surface area contributed by atoms with Gasteiger partial charge in [0.2, 0.25) is 0 Å². The smallest absolute Gasteiger partial charge is 0.198 e. The van der Waals surface area contributed by atoms with Crippen LogP contribution in [0.3, 0.4) is 0 Å². The molecule has 0 aliphatic carbocycles. The molecule has 0 aliphatic rings. The summed E-state index contributed by atoms with van der Waals surface area (Å²) in [6.07, 6.45) is 1.58. The van der Waals surface area contributed by atoms with Gasteiger partial charge in [0.05, 0.1) is 19.9 Å². The van der Waals surface area contributed by atoms with Crippen molar-refractivity contribution < 1.29 is 9.53 Å². The lowest BCUT2D eigenvalue weighted by Crippen LogP contribution is -2.24. The Kier molecular flexibility index (Phi) is 3.85. The second-order valence-corrected chi connectivity index (χ2v) is 3.54. The van der Waals surface area contributed by atoms with Crippen LogP contribution < -0.4 is 4.74 Å². The van der Waals surface area contributed by atoms with Crippen LogP contribution in [0.25, 0.3) is 0 Å². The van der Waals surface area contributed by atoms with Crippen molar-refractivity contribution in [2.45, 2.75) is 13.5 Å². The summed E-state index contributed by atoms with van der Waals surface area (Å²) in [5.41, 5.74) is 0.550. The van der Waals surface area contributed by atoms with E-state index < -0.39 is 0 Å². The summed E-state index contributed by atoms with van der Waals surface area (Å²) in [5, 5.41) is 4.09. The van der Waals surface area contributed by atoms with Gasteiger partial charge >= 0.3 is 0 Å². The molecule has 5 heteroatoms. The van der Waals surface area contributed by atoms with Crippen LogP contribution in [0.5, 0.6) is 5.75 Å². The minimum absolute atomic E-state index is 0.0243. The fourth-order valence-corrected chi connectivity index (χ4v) is 1.40. The van der Waals surface area contributed by atoms with Gasteiger partial charge < -0.3 is 9.64 Å². The first-order valence-electron chi connectivity index (χ1n) is 4.87. The van der Waals surface area contributed by atoms with Crippen LogP contribution in [0, 0.1) is 0 Å². The van der Waals surface area contributed by atoms with E-state index >= 15 is 0 Å². The van der Waals surface area contributed by atoms with E-state index in [9.17, 15) is 4.79 Å². The van der Waals surface area contributed by atoms with E-state index in [2.05, 4.69) is 5.10 Å². The van der Waals surface area contributed by atoms with Gasteiger partial charge in [-0.25, -0.2) is 0 Å². The predicted molar refractivity (Wildman–Crippen MR) is 57.3 cm³/mol. The highest BCUT2D eigenvalue weighted by Crippen LogP contribution is 2.18. The number of carbonyl (C=O) groups is 1. The molecule has 0 saturated carbocycles. The van der Waals surface area contributed by atoms with Gasteiger partial charge in [-0.3, -0.25) is 9.48 Å². The summed E-state index contributed by atoms with van der Waals surface area (Å²) in [7, 11) is 5.26. The Hall–Kier alpha value is -1.36. The Morgan fingerprint density at radius 3 is 2.73 bits per heavy atom. The maximum Gasteiger partial charge on any atom is 0.198 e. The first-order valence-corrected chi connectivity index (χ1v) is 4.87. The second kappa shape index (κ2) is 4.93. The SMILES string of the molecule is CCn1ncc(OC)c1C(=O)CN(C)C. The fourth-order valence-electron chi connectivity index (χ4n) is 1.40. The zero-order valence-corrected chi connectivity index (χ0v) is 9.65. The van der Waals surface area contributed by atoms with Crippen LogP contribution in [0.4, 0.5) is 0 Å². The molecule has 15 heavy (non-hydrogen) atoms. The molecule has 1 rings (SSSR count). The largest absolute Gasteiger partial charge is 0.493 e. The lowest BCUT2D eigenvalue weighted by atomic mass is 10.2. The van der Waals surface area contributed by atoms with E-state index in [4.69, 9.17) is 4.74 Å². The number of rotatable bonds is 5. The molecule has 1 heterocycles. The van der Waals surface area contributed by atoms with E-state index in [0.29, 0.717) is 24.5 Å². The molecule has 0 amide bonds. The average molecular weight is 211 g/mol. The molecule has 84 valence electrons. The van der Waals surface area contributed by atoms with E-state index in [1.807, 2.05) is 25.9 Å². The lowest BCUT2D eigenvalue weighted by molar-refractivity contribution is 0.0944. The maximum absolute atomic E-state index is 11.9. The lowest BCUT2D eigenvalue weighted by Gasteiger charge is -2.10. The van der Waals surface area contributed by atoms with Crippen molar-refractivity contribution in [2.24, 2.45) is 0 Å². The summed E-state index contributed by atoms with van der Waals surface area (Å²) in [6, 6.07) is 0. The van der Waals surface area contributed by atoms with Crippen molar-refractivity contribution >= 4 is 5.78 Å². The maximum atomic E-state index is 11.9. The molecular weight excluding hydrogens is 194 g/mol. The third-order valence-electron chi connectivity index (χ3n) is 2.05. The fraction of sp³-hybridized carbons (Fsp3) is 0.600. The number of hydrogen-bond acceptors (Lipinski definition) is 4. The monoisotopic (exact) mass is 211 g/mol. The van der Waals surface area contributed by atoms with Crippen molar-refractivity contribution in [3.05, 3.63) is 11.9 Å². The molecule has 0 aliphatic heterocycles. The number of aromatic nitrogens is 2. The van der Waals surface area contributed by atoms with Crippen LogP contribution in [0.1, 0.15) is 17.4 Å². The first kappa shape index (κ1) is 11.7. The number of ether oxygens (including phenoxy) is 1. The van der Waals surface area contributed by atoms with E-state index in [1.54, 1.807) is 18.0 Å². The number of aryl methyl sites for hydroxylation is 1. The summed E-state index contributed by atoms with van der Waals surface area (Å²) in [6.45, 7) is 2.97. The number of carbonyl (C=O) groups excluding carboxylic acids is 1. The van der Waals surface area contributed by atoms with E-state index in [0.717, 1.165) is 0 Å². The van der Waals surface area contributed by atoms with Gasteiger partial charge in [-0.15, -0.1) is 0 Å². The van der Waals surface area contributed by atoms with E-state index in [-0.39, 0.29) is 5.78 Å². The van der Waals surface area contributed by atoms with Crippen molar-refractivity contribution in [1.29, 1.82) is 0 Å². The third-order valence-corrected chi connectivity index (χ3v) is 2.05. The minimum Gasteiger partial charge on any atom is -0.493 e. The third kappa shape index (κ3) is 2.56. The molecule has 1 aromatic rings.